The molecule has 2 rings (SSSR count). The topological polar surface area (TPSA) is 108 Å². The number of nitrogens with zero attached hydrogens (tertiary/aromatic N) is 2. The Labute approximate surface area is 89.5 Å². The number of carboxylic acid groups (broad SMARTS) is 1. The van der Waals surface area contributed by atoms with E-state index < -0.39 is 5.97 Å². The summed E-state index contributed by atoms with van der Waals surface area (Å²) < 4.78 is 0. The number of aromatic nitrogens is 3. The van der Waals surface area contributed by atoms with Gasteiger partial charge >= 0.3 is 5.97 Å². The number of amides is 1. The number of pyridine rings is 1. The number of fused-ring (bicyclic) bond motifs is 1. The minimum absolute atomic E-state index is 0.00463. The van der Waals surface area contributed by atoms with E-state index in [1.807, 2.05) is 0 Å². The second kappa shape index (κ2) is 3.61. The molecule has 82 valence electrons. The van der Waals surface area contributed by atoms with Gasteiger partial charge in [-0.25, -0.2) is 4.79 Å². The predicted molar refractivity (Wildman–Crippen MR) is 55.2 cm³/mol. The van der Waals surface area contributed by atoms with Crippen LogP contribution < -0.4 is 5.32 Å². The van der Waals surface area contributed by atoms with Crippen LogP contribution in [0.3, 0.4) is 0 Å². The highest BCUT2D eigenvalue weighted by Gasteiger charge is 2.16. The molecule has 7 nitrogen and oxygen atoms in total. The third kappa shape index (κ3) is 1.58. The lowest BCUT2D eigenvalue weighted by molar-refractivity contribution is -0.114. The first-order chi connectivity index (χ1) is 7.59. The Kier molecular flexibility index (Phi) is 2.28. The van der Waals surface area contributed by atoms with Gasteiger partial charge in [0.05, 0.1) is 22.7 Å². The van der Waals surface area contributed by atoms with Crippen molar-refractivity contribution in [2.24, 2.45) is 0 Å². The van der Waals surface area contributed by atoms with Crippen molar-refractivity contribution in [3.63, 3.8) is 0 Å². The smallest absolute Gasteiger partial charge is 0.338 e. The largest absolute Gasteiger partial charge is 0.478 e. The van der Waals surface area contributed by atoms with Crippen LogP contribution in [0.5, 0.6) is 0 Å². The summed E-state index contributed by atoms with van der Waals surface area (Å²) in [7, 11) is 0. The van der Waals surface area contributed by atoms with Crippen LogP contribution in [0.25, 0.3) is 10.9 Å². The van der Waals surface area contributed by atoms with Crippen LogP contribution in [0.1, 0.15) is 17.3 Å². The van der Waals surface area contributed by atoms with E-state index in [-0.39, 0.29) is 17.3 Å². The molecule has 2 aromatic rings. The Morgan fingerprint density at radius 1 is 1.44 bits per heavy atom. The van der Waals surface area contributed by atoms with Crippen molar-refractivity contribution in [1.82, 2.24) is 15.2 Å². The Hall–Kier alpha value is -2.44. The first kappa shape index (κ1) is 10.1. The molecular weight excluding hydrogens is 212 g/mol. The first-order valence-corrected chi connectivity index (χ1v) is 4.42. The van der Waals surface area contributed by atoms with Crippen LogP contribution in [-0.2, 0) is 4.79 Å². The van der Waals surface area contributed by atoms with Crippen molar-refractivity contribution in [3.8, 4) is 0 Å². The molecular formula is C9H8N4O3. The summed E-state index contributed by atoms with van der Waals surface area (Å²) in [6, 6.07) is 0. The average Bonchev–Trinajstić information content (AvgIpc) is 2.60. The molecule has 0 aliphatic carbocycles. The maximum absolute atomic E-state index is 11.0. The van der Waals surface area contributed by atoms with Gasteiger partial charge in [-0.15, -0.1) is 0 Å². The number of nitrogens with one attached hydrogen (secondary N) is 2. The lowest BCUT2D eigenvalue weighted by atomic mass is 10.2. The Balaban J connectivity index is 2.67. The van der Waals surface area contributed by atoms with E-state index >= 15 is 0 Å². The number of H-pyrrole nitrogens is 1. The summed E-state index contributed by atoms with van der Waals surface area (Å²) in [4.78, 5) is 25.6. The van der Waals surface area contributed by atoms with Crippen LogP contribution in [0.4, 0.5) is 5.82 Å². The number of carbonyl (C=O) groups is 2. The van der Waals surface area contributed by atoms with E-state index in [0.29, 0.717) is 10.9 Å². The van der Waals surface area contributed by atoms with Crippen LogP contribution in [0, 0.1) is 0 Å². The molecule has 0 fully saturated rings. The highest BCUT2D eigenvalue weighted by molar-refractivity contribution is 6.09. The summed E-state index contributed by atoms with van der Waals surface area (Å²) in [5.74, 6) is -1.24. The van der Waals surface area contributed by atoms with Gasteiger partial charge in [0, 0.05) is 13.1 Å². The molecule has 0 radical (unpaired) electrons. The molecule has 0 aliphatic heterocycles. The number of aromatic amines is 1. The molecule has 1 amide bonds. The number of hydrogen-bond donors (Lipinski definition) is 3. The van der Waals surface area contributed by atoms with Gasteiger partial charge in [0.15, 0.2) is 5.82 Å². The lowest BCUT2D eigenvalue weighted by Gasteiger charge is -1.99. The van der Waals surface area contributed by atoms with Gasteiger partial charge in [-0.2, -0.15) is 5.10 Å². The van der Waals surface area contributed by atoms with Crippen LogP contribution in [0.15, 0.2) is 12.4 Å². The van der Waals surface area contributed by atoms with E-state index in [9.17, 15) is 9.59 Å². The minimum atomic E-state index is -1.12. The van der Waals surface area contributed by atoms with Crippen LogP contribution >= 0.6 is 0 Å². The maximum Gasteiger partial charge on any atom is 0.338 e. The van der Waals surface area contributed by atoms with Crippen molar-refractivity contribution in [1.29, 1.82) is 0 Å². The molecule has 16 heavy (non-hydrogen) atoms. The third-order valence-corrected chi connectivity index (χ3v) is 2.00. The third-order valence-electron chi connectivity index (χ3n) is 2.00. The average molecular weight is 220 g/mol. The monoisotopic (exact) mass is 220 g/mol. The Bertz CT molecular complexity index is 575. The second-order valence-corrected chi connectivity index (χ2v) is 3.17. The molecule has 0 spiro atoms. The van der Waals surface area contributed by atoms with E-state index in [1.54, 1.807) is 0 Å². The number of carboxylic acids is 1. The van der Waals surface area contributed by atoms with E-state index in [0.717, 1.165) is 0 Å². The van der Waals surface area contributed by atoms with Gasteiger partial charge in [0.1, 0.15) is 0 Å². The van der Waals surface area contributed by atoms with E-state index in [2.05, 4.69) is 20.5 Å². The highest BCUT2D eigenvalue weighted by atomic mass is 16.4. The standard InChI is InChI=1S/C9H8N4O3/c1-4(14)11-8-7-5(9(15)16)2-10-3-6(7)12-13-8/h2-3H,1H3,(H,15,16)(H2,11,12,13,14). The fourth-order valence-electron chi connectivity index (χ4n) is 1.39. The number of aromatic carboxylic acids is 1. The van der Waals surface area contributed by atoms with Crippen molar-refractivity contribution >= 4 is 28.6 Å². The van der Waals surface area contributed by atoms with Gasteiger partial charge < -0.3 is 10.4 Å². The normalized spacial score (nSPS) is 10.3. The lowest BCUT2D eigenvalue weighted by Crippen LogP contribution is -2.07. The molecule has 3 N–H and O–H groups in total. The zero-order chi connectivity index (χ0) is 11.7. The molecule has 0 saturated heterocycles. The summed E-state index contributed by atoms with van der Waals surface area (Å²) >= 11 is 0. The molecule has 7 heteroatoms. The summed E-state index contributed by atoms with van der Waals surface area (Å²) in [5.41, 5.74) is 0.457. The highest BCUT2D eigenvalue weighted by Crippen LogP contribution is 2.23. The van der Waals surface area contributed by atoms with E-state index in [4.69, 9.17) is 5.11 Å². The molecule has 0 unspecified atom stereocenters. The Morgan fingerprint density at radius 3 is 2.81 bits per heavy atom. The van der Waals surface area contributed by atoms with Crippen LogP contribution in [0.2, 0.25) is 0 Å². The van der Waals surface area contributed by atoms with Crippen LogP contribution in [-0.4, -0.2) is 32.2 Å². The first-order valence-electron chi connectivity index (χ1n) is 4.42. The number of hydrogen-bond acceptors (Lipinski definition) is 4. The second-order valence-electron chi connectivity index (χ2n) is 3.17. The van der Waals surface area contributed by atoms with Gasteiger partial charge in [-0.3, -0.25) is 14.9 Å². The summed E-state index contributed by atoms with van der Waals surface area (Å²) in [6.45, 7) is 1.32. The molecule has 0 bridgehead atoms. The van der Waals surface area contributed by atoms with Gasteiger partial charge in [-0.05, 0) is 0 Å². The fraction of sp³-hybridized carbons (Fsp3) is 0.111. The predicted octanol–water partition coefficient (Wildman–Crippen LogP) is 0.614. The van der Waals surface area contributed by atoms with Gasteiger partial charge in [0.25, 0.3) is 0 Å². The number of rotatable bonds is 2. The number of anilines is 1. The number of carbonyl (C=O) groups excluding carboxylic acids is 1. The zero-order valence-electron chi connectivity index (χ0n) is 8.31. The Morgan fingerprint density at radius 2 is 2.19 bits per heavy atom. The minimum Gasteiger partial charge on any atom is -0.478 e. The molecule has 0 atom stereocenters. The summed E-state index contributed by atoms with van der Waals surface area (Å²) in [5, 5.41) is 18.2. The fourth-order valence-corrected chi connectivity index (χ4v) is 1.39. The molecule has 2 heterocycles. The quantitative estimate of drug-likeness (QED) is 0.687. The summed E-state index contributed by atoms with van der Waals surface area (Å²) in [6.07, 6.45) is 2.66. The maximum atomic E-state index is 11.0. The SMILES string of the molecule is CC(=O)Nc1n[nH]c2cncc(C(=O)O)c12. The van der Waals surface area contributed by atoms with Crippen molar-refractivity contribution in [3.05, 3.63) is 18.0 Å². The van der Waals surface area contributed by atoms with E-state index in [1.165, 1.54) is 19.3 Å². The van der Waals surface area contributed by atoms with Gasteiger partial charge in [-0.1, -0.05) is 0 Å². The molecule has 2 aromatic heterocycles. The zero-order valence-corrected chi connectivity index (χ0v) is 8.31. The van der Waals surface area contributed by atoms with Crippen molar-refractivity contribution in [2.45, 2.75) is 6.92 Å². The van der Waals surface area contributed by atoms with Crippen molar-refractivity contribution < 1.29 is 14.7 Å². The molecule has 0 aromatic carbocycles. The van der Waals surface area contributed by atoms with Gasteiger partial charge in [0.2, 0.25) is 5.91 Å². The molecule has 0 saturated carbocycles. The molecule has 0 aliphatic rings. The van der Waals surface area contributed by atoms with Crippen molar-refractivity contribution in [2.75, 3.05) is 5.32 Å².